The smallest absolute Gasteiger partial charge is 0.229 e. The zero-order chi connectivity index (χ0) is 20.1. The summed E-state index contributed by atoms with van der Waals surface area (Å²) >= 11 is 6.09. The van der Waals surface area contributed by atoms with Crippen LogP contribution in [0.25, 0.3) is 0 Å². The van der Waals surface area contributed by atoms with Crippen molar-refractivity contribution in [2.75, 3.05) is 10.2 Å². The van der Waals surface area contributed by atoms with Gasteiger partial charge in [0, 0.05) is 29.9 Å². The Balaban J connectivity index is 1.81. The molecule has 0 saturated carbocycles. The van der Waals surface area contributed by atoms with Crippen LogP contribution in [-0.2, 0) is 16.0 Å². The number of nitrogens with one attached hydrogen (secondary N) is 1. The Kier molecular flexibility index (Phi) is 6.01. The summed E-state index contributed by atoms with van der Waals surface area (Å²) in [5, 5.41) is 3.28. The second kappa shape index (κ2) is 8.63. The Morgan fingerprint density at radius 2 is 1.89 bits per heavy atom. The van der Waals surface area contributed by atoms with Crippen LogP contribution in [-0.4, -0.2) is 16.8 Å². The number of hydrogen-bond donors (Lipinski definition) is 1. The fourth-order valence-electron chi connectivity index (χ4n) is 2.73. The summed E-state index contributed by atoms with van der Waals surface area (Å²) in [6, 6.07) is 15.9. The maximum atomic E-state index is 13.6. The van der Waals surface area contributed by atoms with Gasteiger partial charge in [0.1, 0.15) is 11.6 Å². The van der Waals surface area contributed by atoms with Gasteiger partial charge in [-0.1, -0.05) is 35.9 Å². The number of rotatable bonds is 5. The highest BCUT2D eigenvalue weighted by Crippen LogP contribution is 2.26. The molecule has 0 unspecified atom stereocenters. The van der Waals surface area contributed by atoms with Crippen LogP contribution in [0, 0.1) is 5.82 Å². The molecule has 7 heteroatoms. The summed E-state index contributed by atoms with van der Waals surface area (Å²) in [6.07, 6.45) is 1.58. The Hall–Kier alpha value is -3.25. The molecule has 1 aromatic heterocycles. The molecule has 3 aromatic rings. The Bertz CT molecular complexity index is 1030. The van der Waals surface area contributed by atoms with Crippen LogP contribution in [0.2, 0.25) is 5.02 Å². The fraction of sp³-hybridized carbons (Fsp3) is 0.0952. The van der Waals surface area contributed by atoms with Crippen molar-refractivity contribution in [3.05, 3.63) is 83.3 Å². The van der Waals surface area contributed by atoms with Crippen LogP contribution >= 0.6 is 11.6 Å². The third kappa shape index (κ3) is 4.72. The van der Waals surface area contributed by atoms with Crippen molar-refractivity contribution in [3.8, 4) is 0 Å². The van der Waals surface area contributed by atoms with Crippen molar-refractivity contribution in [1.29, 1.82) is 0 Å². The molecule has 0 aliphatic carbocycles. The predicted octanol–water partition coefficient (Wildman–Crippen LogP) is 4.74. The second-order valence-corrected chi connectivity index (χ2v) is 6.46. The number of benzene rings is 2. The molecule has 2 aromatic carbocycles. The number of halogens is 2. The highest BCUT2D eigenvalue weighted by atomic mass is 35.5. The van der Waals surface area contributed by atoms with E-state index in [0.29, 0.717) is 22.0 Å². The number of pyridine rings is 1. The summed E-state index contributed by atoms with van der Waals surface area (Å²) < 4.78 is 13.6. The minimum atomic E-state index is -0.465. The molecule has 0 saturated heterocycles. The van der Waals surface area contributed by atoms with Crippen LogP contribution in [0.4, 0.5) is 21.6 Å². The molecule has 1 N–H and O–H groups in total. The Morgan fingerprint density at radius 1 is 1.11 bits per heavy atom. The molecule has 0 bridgehead atoms. The topological polar surface area (TPSA) is 62.3 Å². The van der Waals surface area contributed by atoms with E-state index in [4.69, 9.17) is 11.6 Å². The van der Waals surface area contributed by atoms with Gasteiger partial charge < -0.3 is 5.32 Å². The van der Waals surface area contributed by atoms with Crippen molar-refractivity contribution in [1.82, 2.24) is 4.98 Å². The van der Waals surface area contributed by atoms with Gasteiger partial charge in [0.05, 0.1) is 12.1 Å². The molecular weight excluding hydrogens is 381 g/mol. The van der Waals surface area contributed by atoms with Gasteiger partial charge in [-0.05, 0) is 35.9 Å². The number of amides is 2. The molecule has 0 aliphatic heterocycles. The predicted molar refractivity (Wildman–Crippen MR) is 107 cm³/mol. The van der Waals surface area contributed by atoms with E-state index < -0.39 is 5.82 Å². The van der Waals surface area contributed by atoms with Gasteiger partial charge in [0.15, 0.2) is 0 Å². The molecule has 0 atom stereocenters. The lowest BCUT2D eigenvalue weighted by molar-refractivity contribution is -0.116. The second-order valence-electron chi connectivity index (χ2n) is 6.05. The molecule has 142 valence electrons. The first-order valence-electron chi connectivity index (χ1n) is 8.49. The lowest BCUT2D eigenvalue weighted by atomic mass is 10.1. The van der Waals surface area contributed by atoms with Gasteiger partial charge >= 0.3 is 0 Å². The van der Waals surface area contributed by atoms with Crippen molar-refractivity contribution < 1.29 is 14.0 Å². The van der Waals surface area contributed by atoms with Gasteiger partial charge in [-0.3, -0.25) is 14.5 Å². The maximum Gasteiger partial charge on any atom is 0.229 e. The van der Waals surface area contributed by atoms with Gasteiger partial charge in [-0.2, -0.15) is 0 Å². The normalized spacial score (nSPS) is 10.4. The Labute approximate surface area is 166 Å². The van der Waals surface area contributed by atoms with E-state index in [9.17, 15) is 14.0 Å². The average Bonchev–Trinajstić information content (AvgIpc) is 2.64. The molecule has 28 heavy (non-hydrogen) atoms. The quantitative estimate of drug-likeness (QED) is 0.676. The molecule has 0 fully saturated rings. The molecule has 0 aliphatic rings. The van der Waals surface area contributed by atoms with Crippen LogP contribution in [0.5, 0.6) is 0 Å². The zero-order valence-corrected chi connectivity index (χ0v) is 15.8. The van der Waals surface area contributed by atoms with Crippen molar-refractivity contribution in [2.45, 2.75) is 13.3 Å². The van der Waals surface area contributed by atoms with E-state index in [2.05, 4.69) is 10.3 Å². The SMILES string of the molecule is CC(=O)N(c1cccc(F)c1)c1cc(NC(=O)Cc2ccccc2Cl)ccn1. The first-order valence-corrected chi connectivity index (χ1v) is 8.87. The lowest BCUT2D eigenvalue weighted by Gasteiger charge is -2.21. The van der Waals surface area contributed by atoms with Crippen LogP contribution < -0.4 is 10.2 Å². The first kappa shape index (κ1) is 19.5. The number of carbonyl (C=O) groups excluding carboxylic acids is 2. The first-order chi connectivity index (χ1) is 13.4. The van der Waals surface area contributed by atoms with E-state index in [-0.39, 0.29) is 24.1 Å². The van der Waals surface area contributed by atoms with Crippen LogP contribution in [0.3, 0.4) is 0 Å². The van der Waals surface area contributed by atoms with Crippen molar-refractivity contribution >= 4 is 40.6 Å². The molecule has 5 nitrogen and oxygen atoms in total. The number of hydrogen-bond acceptors (Lipinski definition) is 3. The van der Waals surface area contributed by atoms with E-state index in [1.165, 1.54) is 36.2 Å². The van der Waals surface area contributed by atoms with Gasteiger partial charge in [0.2, 0.25) is 11.8 Å². The van der Waals surface area contributed by atoms with Crippen molar-refractivity contribution in [3.63, 3.8) is 0 Å². The number of nitrogens with zero attached hydrogens (tertiary/aromatic N) is 2. The molecule has 0 radical (unpaired) electrons. The van der Waals surface area contributed by atoms with E-state index in [0.717, 1.165) is 0 Å². The van der Waals surface area contributed by atoms with Gasteiger partial charge in [0.25, 0.3) is 0 Å². The lowest BCUT2D eigenvalue weighted by Crippen LogP contribution is -2.24. The number of aromatic nitrogens is 1. The van der Waals surface area contributed by atoms with Crippen LogP contribution in [0.1, 0.15) is 12.5 Å². The maximum absolute atomic E-state index is 13.6. The van der Waals surface area contributed by atoms with E-state index in [1.54, 1.807) is 36.4 Å². The minimum absolute atomic E-state index is 0.109. The number of carbonyl (C=O) groups is 2. The standard InChI is InChI=1S/C21H17ClFN3O2/c1-14(27)26(18-7-4-6-16(23)12-18)20-13-17(9-10-24-20)25-21(28)11-15-5-2-3-8-19(15)22/h2-10,12-13H,11H2,1H3,(H,24,25,28). The minimum Gasteiger partial charge on any atom is -0.326 e. The molecule has 0 spiro atoms. The largest absolute Gasteiger partial charge is 0.326 e. The summed E-state index contributed by atoms with van der Waals surface area (Å²) in [5.41, 5.74) is 1.52. The van der Waals surface area contributed by atoms with E-state index >= 15 is 0 Å². The van der Waals surface area contributed by atoms with E-state index in [1.807, 2.05) is 6.07 Å². The highest BCUT2D eigenvalue weighted by Gasteiger charge is 2.17. The average molecular weight is 398 g/mol. The van der Waals surface area contributed by atoms with Gasteiger partial charge in [-0.25, -0.2) is 9.37 Å². The fourth-order valence-corrected chi connectivity index (χ4v) is 2.93. The zero-order valence-electron chi connectivity index (χ0n) is 15.0. The summed E-state index contributed by atoms with van der Waals surface area (Å²) in [4.78, 5) is 29.9. The van der Waals surface area contributed by atoms with Gasteiger partial charge in [-0.15, -0.1) is 0 Å². The monoisotopic (exact) mass is 397 g/mol. The summed E-state index contributed by atoms with van der Waals surface area (Å²) in [6.45, 7) is 1.36. The highest BCUT2D eigenvalue weighted by molar-refractivity contribution is 6.31. The summed E-state index contributed by atoms with van der Waals surface area (Å²) in [7, 11) is 0. The third-order valence-corrected chi connectivity index (χ3v) is 4.32. The van der Waals surface area contributed by atoms with Crippen LogP contribution in [0.15, 0.2) is 66.9 Å². The molecule has 1 heterocycles. The third-order valence-electron chi connectivity index (χ3n) is 3.95. The summed E-state index contributed by atoms with van der Waals surface area (Å²) in [5.74, 6) is -0.787. The van der Waals surface area contributed by atoms with Crippen molar-refractivity contribution in [2.24, 2.45) is 0 Å². The Morgan fingerprint density at radius 3 is 2.61 bits per heavy atom. The molecule has 3 rings (SSSR count). The number of anilines is 3. The molecular formula is C21H17ClFN3O2. The molecule has 2 amide bonds.